The van der Waals surface area contributed by atoms with Crippen molar-refractivity contribution in [1.29, 1.82) is 0 Å². The highest BCUT2D eigenvalue weighted by Gasteiger charge is 2.30. The molecule has 2 aromatic carbocycles. The molecule has 1 aliphatic rings. The molecular formula is C17H18N2O2. The van der Waals surface area contributed by atoms with Gasteiger partial charge in [-0.1, -0.05) is 24.3 Å². The fraction of sp³-hybridized carbons (Fsp3) is 0.235. The van der Waals surface area contributed by atoms with E-state index < -0.39 is 0 Å². The zero-order chi connectivity index (χ0) is 15.0. The van der Waals surface area contributed by atoms with Gasteiger partial charge in [0.1, 0.15) is 18.3 Å². The van der Waals surface area contributed by atoms with Crippen LogP contribution in [-0.4, -0.2) is 12.5 Å². The molecule has 1 aliphatic heterocycles. The first-order chi connectivity index (χ1) is 10.1. The van der Waals surface area contributed by atoms with Gasteiger partial charge in [-0.2, -0.15) is 0 Å². The second-order valence-electron chi connectivity index (χ2n) is 5.36. The number of carbonyl (C=O) groups is 1. The van der Waals surface area contributed by atoms with E-state index in [0.717, 1.165) is 22.4 Å². The molecule has 2 aromatic rings. The van der Waals surface area contributed by atoms with Crippen LogP contribution in [0.5, 0.6) is 5.75 Å². The molecule has 1 amide bonds. The molecule has 0 aromatic heterocycles. The standard InChI is InChI=1S/C17H18N2O2/c1-10-7-8-14(18)16(11(10)2)19-17(20)13-9-21-15-6-4-3-5-12(13)15/h3-8,13H,9,18H2,1-2H3,(H,19,20). The van der Waals surface area contributed by atoms with E-state index in [2.05, 4.69) is 5.32 Å². The molecule has 0 fully saturated rings. The molecule has 0 saturated carbocycles. The van der Waals surface area contributed by atoms with Gasteiger partial charge < -0.3 is 15.8 Å². The Kier molecular flexibility index (Phi) is 3.29. The van der Waals surface area contributed by atoms with Crippen molar-refractivity contribution < 1.29 is 9.53 Å². The lowest BCUT2D eigenvalue weighted by Gasteiger charge is -2.15. The molecule has 21 heavy (non-hydrogen) atoms. The van der Waals surface area contributed by atoms with Gasteiger partial charge in [0.15, 0.2) is 0 Å². The first kappa shape index (κ1) is 13.5. The van der Waals surface area contributed by atoms with Crippen LogP contribution in [0, 0.1) is 13.8 Å². The van der Waals surface area contributed by atoms with E-state index in [1.54, 1.807) is 0 Å². The maximum Gasteiger partial charge on any atom is 0.235 e. The van der Waals surface area contributed by atoms with E-state index in [0.29, 0.717) is 18.0 Å². The summed E-state index contributed by atoms with van der Waals surface area (Å²) in [7, 11) is 0. The number of nitrogens with two attached hydrogens (primary N) is 1. The van der Waals surface area contributed by atoms with Gasteiger partial charge in [-0.05, 0) is 37.1 Å². The third kappa shape index (κ3) is 2.33. The Hall–Kier alpha value is -2.49. The summed E-state index contributed by atoms with van der Waals surface area (Å²) in [5.74, 6) is 0.410. The van der Waals surface area contributed by atoms with Crippen LogP contribution in [0.4, 0.5) is 11.4 Å². The Bertz CT molecular complexity index is 710. The summed E-state index contributed by atoms with van der Waals surface area (Å²) in [5, 5.41) is 2.96. The molecule has 0 radical (unpaired) electrons. The van der Waals surface area contributed by atoms with E-state index in [-0.39, 0.29) is 11.8 Å². The Balaban J connectivity index is 1.87. The van der Waals surface area contributed by atoms with Crippen LogP contribution in [0.3, 0.4) is 0 Å². The van der Waals surface area contributed by atoms with Crippen molar-refractivity contribution in [3.05, 3.63) is 53.1 Å². The van der Waals surface area contributed by atoms with E-state index in [9.17, 15) is 4.79 Å². The van der Waals surface area contributed by atoms with Gasteiger partial charge in [0.05, 0.1) is 11.4 Å². The van der Waals surface area contributed by atoms with Gasteiger partial charge in [0.2, 0.25) is 5.91 Å². The van der Waals surface area contributed by atoms with E-state index in [1.807, 2.05) is 50.2 Å². The fourth-order valence-electron chi connectivity index (χ4n) is 2.59. The largest absolute Gasteiger partial charge is 0.492 e. The minimum atomic E-state index is -0.291. The molecule has 1 atom stereocenters. The minimum Gasteiger partial charge on any atom is -0.492 e. The lowest BCUT2D eigenvalue weighted by molar-refractivity contribution is -0.117. The first-order valence-electron chi connectivity index (χ1n) is 6.96. The second-order valence-corrected chi connectivity index (χ2v) is 5.36. The predicted molar refractivity (Wildman–Crippen MR) is 83.6 cm³/mol. The monoisotopic (exact) mass is 282 g/mol. The van der Waals surface area contributed by atoms with Crippen LogP contribution in [0.1, 0.15) is 22.6 Å². The number of para-hydroxylation sites is 1. The average molecular weight is 282 g/mol. The number of nitrogens with one attached hydrogen (secondary N) is 1. The summed E-state index contributed by atoms with van der Waals surface area (Å²) in [4.78, 5) is 12.5. The number of hydrogen-bond acceptors (Lipinski definition) is 3. The van der Waals surface area contributed by atoms with Crippen molar-refractivity contribution >= 4 is 17.3 Å². The molecule has 3 rings (SSSR count). The van der Waals surface area contributed by atoms with E-state index >= 15 is 0 Å². The number of benzene rings is 2. The molecule has 0 aliphatic carbocycles. The molecule has 1 heterocycles. The molecule has 4 heteroatoms. The summed E-state index contributed by atoms with van der Waals surface area (Å²) in [6.07, 6.45) is 0. The molecular weight excluding hydrogens is 264 g/mol. The summed E-state index contributed by atoms with van der Waals surface area (Å²) in [6.45, 7) is 4.33. The maximum absolute atomic E-state index is 12.5. The molecule has 0 bridgehead atoms. The fourth-order valence-corrected chi connectivity index (χ4v) is 2.59. The first-order valence-corrected chi connectivity index (χ1v) is 6.96. The van der Waals surface area contributed by atoms with Gasteiger partial charge in [-0.15, -0.1) is 0 Å². The highest BCUT2D eigenvalue weighted by atomic mass is 16.5. The summed E-state index contributed by atoms with van der Waals surface area (Å²) >= 11 is 0. The Morgan fingerprint density at radius 3 is 2.81 bits per heavy atom. The quantitative estimate of drug-likeness (QED) is 0.832. The number of carbonyl (C=O) groups excluding carboxylic acids is 1. The number of hydrogen-bond donors (Lipinski definition) is 2. The van der Waals surface area contributed by atoms with Crippen molar-refractivity contribution in [3.8, 4) is 5.75 Å². The summed E-state index contributed by atoms with van der Waals surface area (Å²) in [6, 6.07) is 11.4. The highest BCUT2D eigenvalue weighted by molar-refractivity contribution is 6.00. The maximum atomic E-state index is 12.5. The SMILES string of the molecule is Cc1ccc(N)c(NC(=O)C2COc3ccccc32)c1C. The number of ether oxygens (including phenoxy) is 1. The Morgan fingerprint density at radius 1 is 1.24 bits per heavy atom. The van der Waals surface area contributed by atoms with Gasteiger partial charge >= 0.3 is 0 Å². The van der Waals surface area contributed by atoms with E-state index in [4.69, 9.17) is 10.5 Å². The third-order valence-corrected chi connectivity index (χ3v) is 4.03. The molecule has 108 valence electrons. The van der Waals surface area contributed by atoms with Crippen LogP contribution in [-0.2, 0) is 4.79 Å². The normalized spacial score (nSPS) is 16.2. The van der Waals surface area contributed by atoms with Crippen LogP contribution < -0.4 is 15.8 Å². The smallest absolute Gasteiger partial charge is 0.235 e. The van der Waals surface area contributed by atoms with Gasteiger partial charge in [-0.25, -0.2) is 0 Å². The van der Waals surface area contributed by atoms with Gasteiger partial charge in [-0.3, -0.25) is 4.79 Å². The van der Waals surface area contributed by atoms with Crippen LogP contribution in [0.25, 0.3) is 0 Å². The lowest BCUT2D eigenvalue weighted by atomic mass is 9.99. The van der Waals surface area contributed by atoms with Crippen molar-refractivity contribution in [3.63, 3.8) is 0 Å². The van der Waals surface area contributed by atoms with Crippen LogP contribution in [0.15, 0.2) is 36.4 Å². The van der Waals surface area contributed by atoms with Crippen molar-refractivity contribution in [2.24, 2.45) is 0 Å². The Labute approximate surface area is 123 Å². The molecule has 3 N–H and O–H groups in total. The zero-order valence-electron chi connectivity index (χ0n) is 12.1. The van der Waals surface area contributed by atoms with Crippen LogP contribution >= 0.6 is 0 Å². The average Bonchev–Trinajstić information content (AvgIpc) is 2.91. The van der Waals surface area contributed by atoms with Gasteiger partial charge in [0.25, 0.3) is 0 Å². The topological polar surface area (TPSA) is 64.3 Å². The number of rotatable bonds is 2. The number of nitrogen functional groups attached to an aromatic ring is 1. The number of amides is 1. The number of anilines is 2. The second kappa shape index (κ2) is 5.13. The molecule has 4 nitrogen and oxygen atoms in total. The Morgan fingerprint density at radius 2 is 2.00 bits per heavy atom. The van der Waals surface area contributed by atoms with E-state index in [1.165, 1.54) is 0 Å². The summed E-state index contributed by atoms with van der Waals surface area (Å²) in [5.41, 5.74) is 10.3. The lowest BCUT2D eigenvalue weighted by Crippen LogP contribution is -2.23. The number of fused-ring (bicyclic) bond motifs is 1. The number of aryl methyl sites for hydroxylation is 1. The van der Waals surface area contributed by atoms with Gasteiger partial charge in [0, 0.05) is 5.56 Å². The third-order valence-electron chi connectivity index (χ3n) is 4.03. The van der Waals surface area contributed by atoms with Crippen LogP contribution in [0.2, 0.25) is 0 Å². The minimum absolute atomic E-state index is 0.0830. The van der Waals surface area contributed by atoms with Crippen molar-refractivity contribution in [2.45, 2.75) is 19.8 Å². The zero-order valence-corrected chi connectivity index (χ0v) is 12.1. The predicted octanol–water partition coefficient (Wildman–Crippen LogP) is 3.00. The highest BCUT2D eigenvalue weighted by Crippen LogP contribution is 2.35. The van der Waals surface area contributed by atoms with Crippen molar-refractivity contribution in [2.75, 3.05) is 17.7 Å². The molecule has 0 saturated heterocycles. The van der Waals surface area contributed by atoms with Crippen molar-refractivity contribution in [1.82, 2.24) is 0 Å². The summed E-state index contributed by atoms with van der Waals surface area (Å²) < 4.78 is 5.56. The molecule has 0 spiro atoms. The molecule has 1 unspecified atom stereocenters.